The van der Waals surface area contributed by atoms with E-state index in [1.165, 1.54) is 6.07 Å². The third-order valence-corrected chi connectivity index (χ3v) is 3.42. The summed E-state index contributed by atoms with van der Waals surface area (Å²) in [6, 6.07) is 12.2. The van der Waals surface area contributed by atoms with Crippen molar-refractivity contribution in [3.63, 3.8) is 0 Å². The first kappa shape index (κ1) is 13.8. The van der Waals surface area contributed by atoms with Gasteiger partial charge in [0.05, 0.1) is 17.3 Å². The van der Waals surface area contributed by atoms with Crippen molar-refractivity contribution in [1.82, 2.24) is 9.55 Å². The van der Waals surface area contributed by atoms with Crippen molar-refractivity contribution in [3.8, 4) is 11.4 Å². The van der Waals surface area contributed by atoms with Crippen LogP contribution in [0.2, 0.25) is 0 Å². The minimum Gasteiger partial charge on any atom is -0.489 e. The van der Waals surface area contributed by atoms with Crippen LogP contribution in [0.1, 0.15) is 13.8 Å². The van der Waals surface area contributed by atoms with Crippen molar-refractivity contribution >= 4 is 23.3 Å². The van der Waals surface area contributed by atoms with E-state index in [0.717, 1.165) is 11.0 Å². The fourth-order valence-corrected chi connectivity index (χ4v) is 2.63. The summed E-state index contributed by atoms with van der Waals surface area (Å²) in [5.41, 5.74) is 2.00. The minimum absolute atomic E-state index is 0.0504. The highest BCUT2D eigenvalue weighted by Gasteiger charge is 2.13. The number of nitrogens with one attached hydrogen (secondary N) is 1. The molecule has 3 aromatic rings. The van der Waals surface area contributed by atoms with Gasteiger partial charge in [-0.3, -0.25) is 4.57 Å². The lowest BCUT2D eigenvalue weighted by molar-refractivity contribution is 0.245. The molecule has 21 heavy (non-hydrogen) atoms. The van der Waals surface area contributed by atoms with Crippen LogP contribution in [0.4, 0.5) is 4.39 Å². The average Bonchev–Trinajstić information content (AvgIpc) is 2.76. The standard InChI is InChI=1S/C16H15FN2OS/c1-10(2)20-14-9-5-8-13-15(14)18-16(21)19(13)12-7-4-3-6-11(12)17/h3-10H,1-2H3,(H,18,21). The van der Waals surface area contributed by atoms with Crippen molar-refractivity contribution in [3.05, 3.63) is 53.1 Å². The highest BCUT2D eigenvalue weighted by atomic mass is 32.1. The van der Waals surface area contributed by atoms with E-state index >= 15 is 0 Å². The Kier molecular flexibility index (Phi) is 3.51. The van der Waals surface area contributed by atoms with E-state index in [-0.39, 0.29) is 11.9 Å². The van der Waals surface area contributed by atoms with Gasteiger partial charge in [0.1, 0.15) is 17.1 Å². The number of benzene rings is 2. The molecule has 0 spiro atoms. The summed E-state index contributed by atoms with van der Waals surface area (Å²) in [6.45, 7) is 3.92. The number of para-hydroxylation sites is 2. The summed E-state index contributed by atoms with van der Waals surface area (Å²) in [4.78, 5) is 3.11. The van der Waals surface area contributed by atoms with Crippen LogP contribution in [0, 0.1) is 10.6 Å². The first-order chi connectivity index (χ1) is 10.1. The number of aromatic nitrogens is 2. The molecule has 0 aliphatic carbocycles. The number of imidazole rings is 1. The molecule has 3 rings (SSSR count). The normalized spacial score (nSPS) is 11.2. The number of aromatic amines is 1. The number of H-pyrrole nitrogens is 1. The smallest absolute Gasteiger partial charge is 0.182 e. The number of hydrogen-bond acceptors (Lipinski definition) is 2. The number of ether oxygens (including phenoxy) is 1. The van der Waals surface area contributed by atoms with Crippen LogP contribution >= 0.6 is 12.2 Å². The zero-order valence-corrected chi connectivity index (χ0v) is 12.6. The van der Waals surface area contributed by atoms with Gasteiger partial charge < -0.3 is 9.72 Å². The van der Waals surface area contributed by atoms with Gasteiger partial charge in [-0.25, -0.2) is 4.39 Å². The van der Waals surface area contributed by atoms with Crippen LogP contribution in [0.3, 0.4) is 0 Å². The summed E-state index contributed by atoms with van der Waals surface area (Å²) >= 11 is 5.35. The molecule has 0 saturated carbocycles. The Hall–Kier alpha value is -2.14. The Morgan fingerprint density at radius 1 is 1.14 bits per heavy atom. The van der Waals surface area contributed by atoms with Gasteiger partial charge in [-0.1, -0.05) is 18.2 Å². The molecule has 0 aliphatic heterocycles. The Morgan fingerprint density at radius 3 is 2.62 bits per heavy atom. The van der Waals surface area contributed by atoms with Crippen LogP contribution in [-0.4, -0.2) is 15.7 Å². The SMILES string of the molecule is CC(C)Oc1cccc2c1[nH]c(=S)n2-c1ccccc1F. The second-order valence-electron chi connectivity index (χ2n) is 5.03. The second kappa shape index (κ2) is 5.33. The Bertz CT molecular complexity index is 851. The molecule has 2 aromatic carbocycles. The van der Waals surface area contributed by atoms with E-state index in [0.29, 0.717) is 16.2 Å². The van der Waals surface area contributed by atoms with Crippen LogP contribution in [0.25, 0.3) is 16.7 Å². The summed E-state index contributed by atoms with van der Waals surface area (Å²) in [7, 11) is 0. The molecule has 3 nitrogen and oxygen atoms in total. The number of halogens is 1. The van der Waals surface area contributed by atoms with Crippen LogP contribution in [-0.2, 0) is 0 Å². The molecule has 0 unspecified atom stereocenters. The highest BCUT2D eigenvalue weighted by Crippen LogP contribution is 2.28. The van der Waals surface area contributed by atoms with Crippen molar-refractivity contribution in [2.24, 2.45) is 0 Å². The van der Waals surface area contributed by atoms with Gasteiger partial charge in [-0.05, 0) is 50.3 Å². The number of rotatable bonds is 3. The predicted molar refractivity (Wildman–Crippen MR) is 84.2 cm³/mol. The Labute approximate surface area is 127 Å². The zero-order valence-electron chi connectivity index (χ0n) is 11.8. The Balaban J connectivity index is 2.28. The first-order valence-corrected chi connectivity index (χ1v) is 7.14. The largest absolute Gasteiger partial charge is 0.489 e. The van der Waals surface area contributed by atoms with Gasteiger partial charge in [0, 0.05) is 0 Å². The van der Waals surface area contributed by atoms with Crippen molar-refractivity contribution in [1.29, 1.82) is 0 Å². The van der Waals surface area contributed by atoms with Gasteiger partial charge in [0.15, 0.2) is 4.77 Å². The maximum Gasteiger partial charge on any atom is 0.182 e. The molecule has 0 atom stereocenters. The quantitative estimate of drug-likeness (QED) is 0.716. The fraction of sp³-hybridized carbons (Fsp3) is 0.188. The van der Waals surface area contributed by atoms with Crippen LogP contribution in [0.5, 0.6) is 5.75 Å². The van der Waals surface area contributed by atoms with Crippen molar-refractivity contribution in [2.45, 2.75) is 20.0 Å². The number of fused-ring (bicyclic) bond motifs is 1. The summed E-state index contributed by atoms with van der Waals surface area (Å²) in [5, 5.41) is 0. The molecule has 1 heterocycles. The van der Waals surface area contributed by atoms with E-state index in [4.69, 9.17) is 17.0 Å². The monoisotopic (exact) mass is 302 g/mol. The molecule has 0 fully saturated rings. The molecule has 1 aromatic heterocycles. The molecule has 108 valence electrons. The Morgan fingerprint density at radius 2 is 1.90 bits per heavy atom. The third-order valence-electron chi connectivity index (χ3n) is 3.14. The summed E-state index contributed by atoms with van der Waals surface area (Å²) in [5.74, 6) is 0.397. The molecule has 0 radical (unpaired) electrons. The molecule has 5 heteroatoms. The highest BCUT2D eigenvalue weighted by molar-refractivity contribution is 7.71. The lowest BCUT2D eigenvalue weighted by atomic mass is 10.2. The van der Waals surface area contributed by atoms with E-state index in [2.05, 4.69) is 4.98 Å². The summed E-state index contributed by atoms with van der Waals surface area (Å²) < 4.78 is 22.0. The van der Waals surface area contributed by atoms with E-state index < -0.39 is 0 Å². The van der Waals surface area contributed by atoms with Gasteiger partial charge in [-0.2, -0.15) is 0 Å². The topological polar surface area (TPSA) is 29.9 Å². The van der Waals surface area contributed by atoms with Gasteiger partial charge in [0.2, 0.25) is 0 Å². The van der Waals surface area contributed by atoms with E-state index in [9.17, 15) is 4.39 Å². The van der Waals surface area contributed by atoms with Crippen molar-refractivity contribution < 1.29 is 9.13 Å². The molecule has 1 N–H and O–H groups in total. The maximum absolute atomic E-state index is 14.1. The first-order valence-electron chi connectivity index (χ1n) is 6.73. The summed E-state index contributed by atoms with van der Waals surface area (Å²) in [6.07, 6.45) is 0.0504. The molecular formula is C16H15FN2OS. The second-order valence-corrected chi connectivity index (χ2v) is 5.42. The van der Waals surface area contributed by atoms with Crippen LogP contribution < -0.4 is 4.74 Å². The predicted octanol–water partition coefficient (Wildman–Crippen LogP) is 4.61. The third kappa shape index (κ3) is 2.45. The molecule has 0 saturated heterocycles. The van der Waals surface area contributed by atoms with Gasteiger partial charge in [0.25, 0.3) is 0 Å². The maximum atomic E-state index is 14.1. The molecule has 0 aliphatic rings. The zero-order chi connectivity index (χ0) is 15.0. The average molecular weight is 302 g/mol. The van der Waals surface area contributed by atoms with E-state index in [1.807, 2.05) is 32.0 Å². The van der Waals surface area contributed by atoms with Crippen molar-refractivity contribution in [2.75, 3.05) is 0 Å². The number of hydrogen-bond donors (Lipinski definition) is 1. The number of nitrogens with zero attached hydrogens (tertiary/aromatic N) is 1. The fourth-order valence-electron chi connectivity index (χ4n) is 2.33. The lowest BCUT2D eigenvalue weighted by Gasteiger charge is -2.11. The van der Waals surface area contributed by atoms with Crippen LogP contribution in [0.15, 0.2) is 42.5 Å². The van der Waals surface area contributed by atoms with Gasteiger partial charge in [-0.15, -0.1) is 0 Å². The minimum atomic E-state index is -0.315. The van der Waals surface area contributed by atoms with E-state index in [1.54, 1.807) is 22.8 Å². The molecule has 0 bridgehead atoms. The molecular weight excluding hydrogens is 287 g/mol. The van der Waals surface area contributed by atoms with Gasteiger partial charge >= 0.3 is 0 Å². The lowest BCUT2D eigenvalue weighted by Crippen LogP contribution is -2.05. The molecule has 0 amide bonds.